The maximum Gasteiger partial charge on any atom is 0.0762 e. The van der Waals surface area contributed by atoms with Crippen LogP contribution in [0.2, 0.25) is 0 Å². The molecule has 0 unspecified atom stereocenters. The van der Waals surface area contributed by atoms with Crippen LogP contribution in [0, 0.1) is 5.41 Å². The summed E-state index contributed by atoms with van der Waals surface area (Å²) in [6.45, 7) is 12.1. The van der Waals surface area contributed by atoms with E-state index in [9.17, 15) is 0 Å². The summed E-state index contributed by atoms with van der Waals surface area (Å²) in [5.74, 6) is 0. The van der Waals surface area contributed by atoms with Crippen LogP contribution in [0.1, 0.15) is 66.7 Å². The summed E-state index contributed by atoms with van der Waals surface area (Å²) in [5.41, 5.74) is 0.270. The van der Waals surface area contributed by atoms with Crippen LogP contribution < -0.4 is 0 Å². The lowest BCUT2D eigenvalue weighted by atomic mass is 9.64. The maximum absolute atomic E-state index is 6.56. The molecule has 3 atom stereocenters. The third-order valence-corrected chi connectivity index (χ3v) is 4.71. The van der Waals surface area contributed by atoms with Gasteiger partial charge in [0.2, 0.25) is 0 Å². The first-order valence-electron chi connectivity index (χ1n) is 7.12. The molecule has 0 aromatic rings. The monoisotopic (exact) mass is 240 g/mol. The van der Waals surface area contributed by atoms with Gasteiger partial charge in [-0.1, -0.05) is 20.8 Å². The van der Waals surface area contributed by atoms with E-state index in [1.54, 1.807) is 0 Å². The molecule has 17 heavy (non-hydrogen) atoms. The number of fused-ring (bicyclic) bond motifs is 2. The molecule has 2 aliphatic rings. The van der Waals surface area contributed by atoms with Crippen molar-refractivity contribution in [1.82, 2.24) is 0 Å². The van der Waals surface area contributed by atoms with Gasteiger partial charge in [-0.3, -0.25) is 0 Å². The Balaban J connectivity index is 2.25. The van der Waals surface area contributed by atoms with Crippen molar-refractivity contribution in [3.05, 3.63) is 0 Å². The van der Waals surface area contributed by atoms with E-state index in [1.807, 2.05) is 0 Å². The Labute approximate surface area is 106 Å². The summed E-state index contributed by atoms with van der Waals surface area (Å²) in [7, 11) is 0. The van der Waals surface area contributed by atoms with Crippen molar-refractivity contribution < 1.29 is 9.47 Å². The second-order valence-corrected chi connectivity index (χ2v) is 7.14. The van der Waals surface area contributed by atoms with E-state index in [1.165, 1.54) is 19.3 Å². The largest absolute Gasteiger partial charge is 0.378 e. The quantitative estimate of drug-likeness (QED) is 0.728. The van der Waals surface area contributed by atoms with Gasteiger partial charge in [0.05, 0.1) is 17.3 Å². The van der Waals surface area contributed by atoms with Crippen LogP contribution >= 0.6 is 0 Å². The Hall–Kier alpha value is -0.0800. The highest BCUT2D eigenvalue weighted by molar-refractivity contribution is 5.05. The molecule has 2 rings (SSSR count). The molecule has 0 aromatic heterocycles. The van der Waals surface area contributed by atoms with Gasteiger partial charge in [0.1, 0.15) is 0 Å². The third kappa shape index (κ3) is 2.39. The molecule has 0 radical (unpaired) electrons. The van der Waals surface area contributed by atoms with Gasteiger partial charge in [-0.05, 0) is 38.5 Å². The SMILES string of the molecule is CCO[C@@H]1C[C@@]2(C)CCC[C@@](C(C)(C)C)(C1)O2. The second-order valence-electron chi connectivity index (χ2n) is 7.14. The van der Waals surface area contributed by atoms with Crippen molar-refractivity contribution in [3.63, 3.8) is 0 Å². The minimum absolute atomic E-state index is 0.0259. The smallest absolute Gasteiger partial charge is 0.0762 e. The molecule has 2 heteroatoms. The lowest BCUT2D eigenvalue weighted by Crippen LogP contribution is -2.60. The topological polar surface area (TPSA) is 18.5 Å². The zero-order chi connectivity index (χ0) is 12.7. The predicted molar refractivity (Wildman–Crippen MR) is 70.2 cm³/mol. The molecule has 0 saturated carbocycles. The van der Waals surface area contributed by atoms with Gasteiger partial charge in [-0.25, -0.2) is 0 Å². The van der Waals surface area contributed by atoms with Crippen molar-refractivity contribution in [2.45, 2.75) is 84.0 Å². The molecule has 0 aliphatic carbocycles. The van der Waals surface area contributed by atoms with Crippen LogP contribution in [-0.2, 0) is 9.47 Å². The predicted octanol–water partition coefficient (Wildman–Crippen LogP) is 3.93. The summed E-state index contributed by atoms with van der Waals surface area (Å²) in [5, 5.41) is 0. The minimum atomic E-state index is 0.0259. The fraction of sp³-hybridized carbons (Fsp3) is 1.00. The van der Waals surface area contributed by atoms with E-state index in [0.29, 0.717) is 6.10 Å². The summed E-state index contributed by atoms with van der Waals surface area (Å²) < 4.78 is 12.5. The van der Waals surface area contributed by atoms with E-state index in [0.717, 1.165) is 19.4 Å². The number of hydrogen-bond donors (Lipinski definition) is 0. The van der Waals surface area contributed by atoms with Gasteiger partial charge in [-0.2, -0.15) is 0 Å². The van der Waals surface area contributed by atoms with E-state index in [2.05, 4.69) is 34.6 Å². The summed E-state index contributed by atoms with van der Waals surface area (Å²) in [6.07, 6.45) is 6.20. The number of hydrogen-bond acceptors (Lipinski definition) is 2. The fourth-order valence-corrected chi connectivity index (χ4v) is 3.72. The minimum Gasteiger partial charge on any atom is -0.378 e. The molecule has 2 bridgehead atoms. The second kappa shape index (κ2) is 4.24. The summed E-state index contributed by atoms with van der Waals surface area (Å²) in [4.78, 5) is 0. The van der Waals surface area contributed by atoms with E-state index < -0.39 is 0 Å². The first-order chi connectivity index (χ1) is 7.80. The highest BCUT2D eigenvalue weighted by Crippen LogP contribution is 2.53. The van der Waals surface area contributed by atoms with E-state index >= 15 is 0 Å². The Kier molecular flexibility index (Phi) is 3.33. The zero-order valence-corrected chi connectivity index (χ0v) is 12.1. The first-order valence-corrected chi connectivity index (χ1v) is 7.12. The van der Waals surface area contributed by atoms with Gasteiger partial charge in [0.15, 0.2) is 0 Å². The maximum atomic E-state index is 6.56. The average Bonchev–Trinajstić information content (AvgIpc) is 2.14. The number of ether oxygens (including phenoxy) is 2. The van der Waals surface area contributed by atoms with Crippen LogP contribution in [0.3, 0.4) is 0 Å². The first kappa shape index (κ1) is 13.4. The zero-order valence-electron chi connectivity index (χ0n) is 12.1. The van der Waals surface area contributed by atoms with Crippen LogP contribution in [-0.4, -0.2) is 23.9 Å². The molecule has 2 fully saturated rings. The summed E-state index contributed by atoms with van der Waals surface area (Å²) in [6, 6.07) is 0. The number of rotatable bonds is 2. The van der Waals surface area contributed by atoms with Crippen LogP contribution in [0.15, 0.2) is 0 Å². The molecule has 2 nitrogen and oxygen atoms in total. The normalized spacial score (nSPS) is 42.5. The van der Waals surface area contributed by atoms with Crippen molar-refractivity contribution in [1.29, 1.82) is 0 Å². The van der Waals surface area contributed by atoms with Gasteiger partial charge in [0, 0.05) is 19.4 Å². The molecular formula is C15H28O2. The molecule has 100 valence electrons. The van der Waals surface area contributed by atoms with Gasteiger partial charge in [-0.15, -0.1) is 0 Å². The van der Waals surface area contributed by atoms with Crippen LogP contribution in [0.4, 0.5) is 0 Å². The highest BCUT2D eigenvalue weighted by Gasteiger charge is 2.55. The van der Waals surface area contributed by atoms with Gasteiger partial charge in [0.25, 0.3) is 0 Å². The average molecular weight is 240 g/mol. The fourth-order valence-electron chi connectivity index (χ4n) is 3.72. The lowest BCUT2D eigenvalue weighted by molar-refractivity contribution is -0.276. The van der Waals surface area contributed by atoms with E-state index in [-0.39, 0.29) is 16.6 Å². The molecule has 2 heterocycles. The Morgan fingerprint density at radius 3 is 2.53 bits per heavy atom. The van der Waals surface area contributed by atoms with Crippen molar-refractivity contribution in [2.75, 3.05) is 6.61 Å². The van der Waals surface area contributed by atoms with Gasteiger partial charge < -0.3 is 9.47 Å². The molecule has 0 spiro atoms. The van der Waals surface area contributed by atoms with Crippen LogP contribution in [0.25, 0.3) is 0 Å². The molecule has 0 aromatic carbocycles. The summed E-state index contributed by atoms with van der Waals surface area (Å²) >= 11 is 0. The van der Waals surface area contributed by atoms with Gasteiger partial charge >= 0.3 is 0 Å². The van der Waals surface area contributed by atoms with Crippen LogP contribution in [0.5, 0.6) is 0 Å². The molecule has 2 aliphatic heterocycles. The van der Waals surface area contributed by atoms with Crippen molar-refractivity contribution in [3.8, 4) is 0 Å². The Morgan fingerprint density at radius 2 is 1.94 bits per heavy atom. The molecular weight excluding hydrogens is 212 g/mol. The molecule has 2 saturated heterocycles. The standard InChI is InChI=1S/C15H28O2/c1-6-16-12-10-14(5)8-7-9-15(11-12,17-14)13(2,3)4/h12H,6-11H2,1-5H3/t12-,14-,15+/m1/s1. The Bertz CT molecular complexity index is 281. The van der Waals surface area contributed by atoms with Crippen molar-refractivity contribution >= 4 is 0 Å². The molecule has 0 N–H and O–H groups in total. The third-order valence-electron chi connectivity index (χ3n) is 4.71. The lowest BCUT2D eigenvalue weighted by Gasteiger charge is -2.58. The highest BCUT2D eigenvalue weighted by atomic mass is 16.5. The van der Waals surface area contributed by atoms with Crippen molar-refractivity contribution in [2.24, 2.45) is 5.41 Å². The molecule has 0 amide bonds. The van der Waals surface area contributed by atoms with E-state index in [4.69, 9.17) is 9.47 Å². The Morgan fingerprint density at radius 1 is 1.24 bits per heavy atom.